The number of benzene rings is 2. The quantitative estimate of drug-likeness (QED) is 0.566. The Morgan fingerprint density at radius 2 is 1.21 bits per heavy atom. The molecule has 0 spiro atoms. The number of carbonyl (C=O) groups is 2. The Bertz CT molecular complexity index is 1130. The maximum atomic E-state index is 13.1. The second-order valence-corrected chi connectivity index (χ2v) is 11.6. The third kappa shape index (κ3) is 5.61. The van der Waals surface area contributed by atoms with Crippen molar-refractivity contribution in [1.82, 2.24) is 14.7 Å². The van der Waals surface area contributed by atoms with Gasteiger partial charge in [0.2, 0.25) is 0 Å². The summed E-state index contributed by atoms with van der Waals surface area (Å²) in [5.74, 6) is 1.09. The minimum atomic E-state index is 0.0421. The van der Waals surface area contributed by atoms with E-state index in [1.807, 2.05) is 9.80 Å². The molecule has 0 radical (unpaired) electrons. The SMILES string of the molecule is O=C(c1ccc(C(=O)N2CCC(Oc3ccc4c(c3)CCN(C3CCCC3)CC4)CC2)cc1)N1CCCC1. The van der Waals surface area contributed by atoms with Gasteiger partial charge >= 0.3 is 0 Å². The monoisotopic (exact) mass is 515 g/mol. The van der Waals surface area contributed by atoms with Crippen LogP contribution in [-0.4, -0.2) is 77.9 Å². The number of hydrogen-bond acceptors (Lipinski definition) is 4. The fourth-order valence-corrected chi connectivity index (χ4v) is 6.84. The third-order valence-electron chi connectivity index (χ3n) is 9.16. The molecule has 6 nitrogen and oxygen atoms in total. The lowest BCUT2D eigenvalue weighted by Gasteiger charge is -2.32. The molecule has 6 heteroatoms. The van der Waals surface area contributed by atoms with Gasteiger partial charge in [-0.2, -0.15) is 0 Å². The Kier molecular flexibility index (Phi) is 7.68. The molecule has 0 unspecified atom stereocenters. The van der Waals surface area contributed by atoms with E-state index in [1.54, 1.807) is 24.3 Å². The molecule has 1 aliphatic carbocycles. The lowest BCUT2D eigenvalue weighted by atomic mass is 10.0. The van der Waals surface area contributed by atoms with Crippen LogP contribution in [-0.2, 0) is 12.8 Å². The van der Waals surface area contributed by atoms with Crippen LogP contribution in [0, 0.1) is 0 Å². The minimum absolute atomic E-state index is 0.0421. The molecular formula is C32H41N3O3. The highest BCUT2D eigenvalue weighted by atomic mass is 16.5. The number of carbonyl (C=O) groups excluding carboxylic acids is 2. The zero-order valence-corrected chi connectivity index (χ0v) is 22.6. The molecule has 0 N–H and O–H groups in total. The largest absolute Gasteiger partial charge is 0.490 e. The van der Waals surface area contributed by atoms with Crippen molar-refractivity contribution in [1.29, 1.82) is 0 Å². The van der Waals surface area contributed by atoms with Gasteiger partial charge < -0.3 is 14.5 Å². The highest BCUT2D eigenvalue weighted by molar-refractivity contribution is 5.98. The van der Waals surface area contributed by atoms with E-state index in [9.17, 15) is 9.59 Å². The Morgan fingerprint density at radius 1 is 0.632 bits per heavy atom. The second-order valence-electron chi connectivity index (χ2n) is 11.6. The fraction of sp³-hybridized carbons (Fsp3) is 0.562. The third-order valence-corrected chi connectivity index (χ3v) is 9.16. The van der Waals surface area contributed by atoms with E-state index in [0.29, 0.717) is 24.2 Å². The number of piperidine rings is 1. The van der Waals surface area contributed by atoms with Crippen LogP contribution in [0.3, 0.4) is 0 Å². The molecule has 38 heavy (non-hydrogen) atoms. The molecule has 202 valence electrons. The predicted octanol–water partition coefficient (Wildman–Crippen LogP) is 4.95. The van der Waals surface area contributed by atoms with Crippen LogP contribution in [0.15, 0.2) is 42.5 Å². The molecule has 2 aromatic rings. The zero-order valence-electron chi connectivity index (χ0n) is 22.6. The van der Waals surface area contributed by atoms with E-state index in [2.05, 4.69) is 23.1 Å². The summed E-state index contributed by atoms with van der Waals surface area (Å²) in [6, 6.07) is 14.7. The van der Waals surface area contributed by atoms with Crippen molar-refractivity contribution < 1.29 is 14.3 Å². The first-order valence-electron chi connectivity index (χ1n) is 14.9. The van der Waals surface area contributed by atoms with Crippen LogP contribution in [0.25, 0.3) is 0 Å². The fourth-order valence-electron chi connectivity index (χ4n) is 6.84. The van der Waals surface area contributed by atoms with Crippen molar-refractivity contribution in [3.05, 3.63) is 64.7 Å². The number of amides is 2. The first-order chi connectivity index (χ1) is 18.6. The molecule has 3 fully saturated rings. The molecule has 0 atom stereocenters. The Hall–Kier alpha value is -2.86. The summed E-state index contributed by atoms with van der Waals surface area (Å²) < 4.78 is 6.42. The number of rotatable bonds is 5. The normalized spacial score (nSPS) is 21.4. The van der Waals surface area contributed by atoms with E-state index in [0.717, 1.165) is 70.0 Å². The van der Waals surface area contributed by atoms with E-state index in [-0.39, 0.29) is 17.9 Å². The summed E-state index contributed by atoms with van der Waals surface area (Å²) in [6.45, 7) is 5.40. The van der Waals surface area contributed by atoms with Crippen LogP contribution >= 0.6 is 0 Å². The highest BCUT2D eigenvalue weighted by Crippen LogP contribution is 2.29. The number of hydrogen-bond donors (Lipinski definition) is 0. The molecule has 0 aromatic heterocycles. The second kappa shape index (κ2) is 11.5. The van der Waals surface area contributed by atoms with Gasteiger partial charge in [-0.25, -0.2) is 0 Å². The van der Waals surface area contributed by atoms with Gasteiger partial charge in [-0.1, -0.05) is 18.9 Å². The molecular weight excluding hydrogens is 474 g/mol. The maximum absolute atomic E-state index is 13.1. The average Bonchev–Trinajstić information content (AvgIpc) is 3.66. The van der Waals surface area contributed by atoms with Crippen LogP contribution in [0.4, 0.5) is 0 Å². The van der Waals surface area contributed by atoms with Gasteiger partial charge in [0.15, 0.2) is 0 Å². The molecule has 2 amide bonds. The lowest BCUT2D eigenvalue weighted by Crippen LogP contribution is -2.41. The number of fused-ring (bicyclic) bond motifs is 1. The van der Waals surface area contributed by atoms with Gasteiger partial charge in [0.05, 0.1) is 0 Å². The molecule has 2 saturated heterocycles. The van der Waals surface area contributed by atoms with Gasteiger partial charge in [0, 0.05) is 69.3 Å². The van der Waals surface area contributed by atoms with Crippen molar-refractivity contribution in [3.8, 4) is 5.75 Å². The van der Waals surface area contributed by atoms with Crippen LogP contribution in [0.5, 0.6) is 5.75 Å². The van der Waals surface area contributed by atoms with E-state index >= 15 is 0 Å². The Labute approximate surface area is 226 Å². The van der Waals surface area contributed by atoms with Crippen molar-refractivity contribution in [2.45, 2.75) is 76.4 Å². The summed E-state index contributed by atoms with van der Waals surface area (Å²) in [4.78, 5) is 32.2. The van der Waals surface area contributed by atoms with Crippen molar-refractivity contribution >= 4 is 11.8 Å². The van der Waals surface area contributed by atoms with Crippen molar-refractivity contribution in [2.24, 2.45) is 0 Å². The molecule has 3 heterocycles. The first kappa shape index (κ1) is 25.4. The molecule has 6 rings (SSSR count). The van der Waals surface area contributed by atoms with Crippen molar-refractivity contribution in [3.63, 3.8) is 0 Å². The smallest absolute Gasteiger partial charge is 0.253 e. The maximum Gasteiger partial charge on any atom is 0.253 e. The Morgan fingerprint density at radius 3 is 1.84 bits per heavy atom. The highest BCUT2D eigenvalue weighted by Gasteiger charge is 2.27. The van der Waals surface area contributed by atoms with Gasteiger partial charge in [0.25, 0.3) is 11.8 Å². The average molecular weight is 516 g/mol. The molecule has 1 saturated carbocycles. The summed E-state index contributed by atoms with van der Waals surface area (Å²) >= 11 is 0. The van der Waals surface area contributed by atoms with Gasteiger partial charge in [-0.15, -0.1) is 0 Å². The topological polar surface area (TPSA) is 53.1 Å². The van der Waals surface area contributed by atoms with E-state index in [1.165, 1.54) is 43.4 Å². The van der Waals surface area contributed by atoms with E-state index < -0.39 is 0 Å². The Balaban J connectivity index is 1.00. The van der Waals surface area contributed by atoms with Gasteiger partial charge in [-0.3, -0.25) is 14.5 Å². The summed E-state index contributed by atoms with van der Waals surface area (Å²) in [5.41, 5.74) is 4.25. The van der Waals surface area contributed by atoms with Crippen molar-refractivity contribution in [2.75, 3.05) is 39.3 Å². The molecule has 2 aromatic carbocycles. The number of likely N-dealkylation sites (tertiary alicyclic amines) is 2. The van der Waals surface area contributed by atoms with Crippen LogP contribution < -0.4 is 4.74 Å². The number of ether oxygens (including phenoxy) is 1. The predicted molar refractivity (Wildman–Crippen MR) is 149 cm³/mol. The van der Waals surface area contributed by atoms with Gasteiger partial charge in [0.1, 0.15) is 11.9 Å². The lowest BCUT2D eigenvalue weighted by molar-refractivity contribution is 0.0594. The molecule has 3 aliphatic heterocycles. The minimum Gasteiger partial charge on any atom is -0.490 e. The summed E-state index contributed by atoms with van der Waals surface area (Å²) in [7, 11) is 0. The van der Waals surface area contributed by atoms with Crippen LogP contribution in [0.1, 0.15) is 83.2 Å². The zero-order chi connectivity index (χ0) is 25.9. The molecule has 0 bridgehead atoms. The summed E-state index contributed by atoms with van der Waals surface area (Å²) in [6.07, 6.45) is 11.7. The van der Waals surface area contributed by atoms with Gasteiger partial charge in [-0.05, 0) is 86.1 Å². The number of nitrogens with zero attached hydrogens (tertiary/aromatic N) is 3. The van der Waals surface area contributed by atoms with Crippen LogP contribution in [0.2, 0.25) is 0 Å². The standard InChI is InChI=1S/C32H41N3O3/c36-31(34-17-3-4-18-34)25-7-9-26(10-8-25)32(37)35-21-15-29(16-22-35)38-30-12-11-24-13-19-33(20-14-27(24)23-30)28-5-1-2-6-28/h7-12,23,28-29H,1-6,13-22H2. The summed E-state index contributed by atoms with van der Waals surface area (Å²) in [5, 5.41) is 0. The van der Waals surface area contributed by atoms with E-state index in [4.69, 9.17) is 4.74 Å². The first-order valence-corrected chi connectivity index (χ1v) is 14.9. The molecule has 4 aliphatic rings.